The number of carboxylic acids is 1. The van der Waals surface area contributed by atoms with Crippen LogP contribution in [0.2, 0.25) is 0 Å². The third-order valence-electron chi connectivity index (χ3n) is 9.93. The quantitative estimate of drug-likeness (QED) is 0.0307. The van der Waals surface area contributed by atoms with Crippen molar-refractivity contribution in [3.8, 4) is 0 Å². The average Bonchev–Trinajstić information content (AvgIpc) is 3.81. The van der Waals surface area contributed by atoms with Crippen LogP contribution in [0, 0.1) is 11.3 Å². The summed E-state index contributed by atoms with van der Waals surface area (Å²) in [5, 5.41) is 49.8. The molecule has 31 heteroatoms. The Hall–Kier alpha value is -4.31. The number of benzene rings is 2. The van der Waals surface area contributed by atoms with Crippen LogP contribution in [0.25, 0.3) is 21.9 Å². The lowest BCUT2D eigenvalue weighted by Gasteiger charge is -2.30. The van der Waals surface area contributed by atoms with Crippen LogP contribution in [-0.4, -0.2) is 134 Å². The van der Waals surface area contributed by atoms with Gasteiger partial charge in [-0.25, -0.2) is 28.6 Å². The second-order valence-corrected chi connectivity index (χ2v) is 20.8. The first kappa shape index (κ1) is 53.6. The number of anilines is 1. The number of nitrogens with two attached hydrogens (primary N) is 1. The highest BCUT2D eigenvalue weighted by Gasteiger charge is 2.50. The molecule has 368 valence electrons. The van der Waals surface area contributed by atoms with Gasteiger partial charge >= 0.3 is 23.5 Å². The highest BCUT2D eigenvalue weighted by atomic mass is 32.2. The molecule has 0 bridgehead atoms. The number of aliphatic hydroxyl groups is 3. The third-order valence-corrected chi connectivity index (χ3v) is 14.0. The first-order valence-electron chi connectivity index (χ1n) is 19.7. The minimum atomic E-state index is -5.62. The zero-order chi connectivity index (χ0) is 49.5. The summed E-state index contributed by atoms with van der Waals surface area (Å²) < 4.78 is 62.3. The van der Waals surface area contributed by atoms with Crippen LogP contribution in [0.3, 0.4) is 0 Å². The number of ether oxygens (including phenoxy) is 1. The number of imidazole rings is 1. The number of phosphoric acid groups is 3. The van der Waals surface area contributed by atoms with Crippen molar-refractivity contribution in [3.05, 3.63) is 60.7 Å². The van der Waals surface area contributed by atoms with Gasteiger partial charge in [-0.05, 0) is 22.4 Å². The fourth-order valence-electron chi connectivity index (χ4n) is 6.52. The molecular weight excluding hydrogens is 975 g/mol. The van der Waals surface area contributed by atoms with Gasteiger partial charge in [0.25, 0.3) is 0 Å². The Morgan fingerprint density at radius 1 is 0.970 bits per heavy atom. The van der Waals surface area contributed by atoms with Gasteiger partial charge in [0.15, 0.2) is 22.8 Å². The molecular formula is C36H47N7O20P3S-. The summed E-state index contributed by atoms with van der Waals surface area (Å²) >= 11 is 0.696. The number of rotatable bonds is 24. The maximum Gasteiger partial charge on any atom is 0.481 e. The van der Waals surface area contributed by atoms with E-state index in [-0.39, 0.29) is 42.2 Å². The van der Waals surface area contributed by atoms with E-state index in [0.29, 0.717) is 17.3 Å². The van der Waals surface area contributed by atoms with E-state index in [1.807, 2.05) is 12.1 Å². The molecule has 2 amide bonds. The zero-order valence-corrected chi connectivity index (χ0v) is 38.7. The lowest BCUT2D eigenvalue weighted by atomic mass is 9.87. The molecule has 27 nitrogen and oxygen atoms in total. The number of amides is 2. The largest absolute Gasteiger partial charge is 0.550 e. The van der Waals surface area contributed by atoms with E-state index >= 15 is 0 Å². The lowest BCUT2D eigenvalue weighted by Crippen LogP contribution is -2.46. The number of aliphatic carboxylic acids is 1. The second kappa shape index (κ2) is 22.4. The van der Waals surface area contributed by atoms with Gasteiger partial charge in [-0.1, -0.05) is 62.0 Å². The Morgan fingerprint density at radius 3 is 2.34 bits per heavy atom. The van der Waals surface area contributed by atoms with Crippen LogP contribution < -0.4 is 21.5 Å². The molecule has 1 fully saturated rings. The first-order chi connectivity index (χ1) is 31.3. The van der Waals surface area contributed by atoms with Gasteiger partial charge in [0.05, 0.1) is 31.6 Å². The van der Waals surface area contributed by atoms with Gasteiger partial charge < -0.3 is 65.9 Å². The molecule has 2 aromatic heterocycles. The van der Waals surface area contributed by atoms with Gasteiger partial charge in [-0.2, -0.15) is 4.31 Å². The van der Waals surface area contributed by atoms with Crippen molar-refractivity contribution in [2.75, 3.05) is 37.8 Å². The van der Waals surface area contributed by atoms with E-state index in [0.717, 1.165) is 28.0 Å². The maximum absolute atomic E-state index is 13.0. The lowest BCUT2D eigenvalue weighted by molar-refractivity contribution is -0.307. The standard InChI is InChI=1S/C36H48N7O20P3S/c1-36(2,30(49)33(50)39-10-9-24(44)38-11-12-67-35(51)22(14-25(45)46)27(47)21-8-7-19-5-3-4-6-20(19)13-21)16-60-66(57,58)63-65(55,56)59-15-23-29(62-64(52,53)54)28(48)34(61-23)43-18-42-26-31(37)40-17-41-32(26)43/h3-8,13,17-18,22-23,27-30,34,47-49H,9-12,14-16H2,1-2H3,(H,38,44)(H,39,50)(H,45,46)(H,55,56)(H,57,58)(H2,37,40,41)(H2,52,53,54)/p-1/t22?,23-,27?,28-,29-,30+,34-/m1/s1. The zero-order valence-electron chi connectivity index (χ0n) is 35.2. The van der Waals surface area contributed by atoms with Crippen LogP contribution >= 0.6 is 35.2 Å². The summed E-state index contributed by atoms with van der Waals surface area (Å²) in [6, 6.07) is 12.2. The highest BCUT2D eigenvalue weighted by Crippen LogP contribution is 2.61. The molecule has 0 radical (unpaired) electrons. The molecule has 4 aromatic rings. The number of carbonyl (C=O) groups is 4. The topological polar surface area (TPSA) is 424 Å². The molecule has 0 spiro atoms. The highest BCUT2D eigenvalue weighted by molar-refractivity contribution is 8.13. The molecule has 9 atom stereocenters. The SMILES string of the molecule is CC(C)(COP(=O)(O)OP(=O)(O)OC[C@H]1O[C@@H](n2cnc3c(N)ncnc32)[C@H](O)[C@@H]1OP(=O)(O)O)[C@@H](O)C(=O)NCCC(=O)NCCSC(=O)C(CC(=O)[O-])C(O)c1ccc2ccccc2c1. The number of hydrogen-bond acceptors (Lipinski definition) is 21. The van der Waals surface area contributed by atoms with Crippen molar-refractivity contribution in [2.24, 2.45) is 11.3 Å². The smallest absolute Gasteiger partial charge is 0.481 e. The number of aromatic nitrogens is 4. The number of nitrogens with zero attached hydrogens (tertiary/aromatic N) is 4. The molecule has 1 aliphatic heterocycles. The number of carbonyl (C=O) groups excluding carboxylic acids is 4. The molecule has 1 aliphatic rings. The van der Waals surface area contributed by atoms with Crippen LogP contribution in [0.15, 0.2) is 55.1 Å². The Labute approximate surface area is 383 Å². The summed E-state index contributed by atoms with van der Waals surface area (Å²) in [6.07, 6.45) is -9.48. The van der Waals surface area contributed by atoms with E-state index in [4.69, 9.17) is 19.5 Å². The molecule has 0 aliphatic carbocycles. The van der Waals surface area contributed by atoms with E-state index in [2.05, 4.69) is 34.4 Å². The average molecular weight is 1020 g/mol. The molecule has 11 N–H and O–H groups in total. The van der Waals surface area contributed by atoms with Crippen molar-refractivity contribution in [1.82, 2.24) is 30.2 Å². The van der Waals surface area contributed by atoms with Crippen LogP contribution in [0.5, 0.6) is 0 Å². The van der Waals surface area contributed by atoms with Gasteiger partial charge in [0, 0.05) is 43.1 Å². The van der Waals surface area contributed by atoms with Crippen molar-refractivity contribution >= 4 is 85.9 Å². The van der Waals surface area contributed by atoms with E-state index in [1.165, 1.54) is 13.8 Å². The second-order valence-electron chi connectivity index (χ2n) is 15.5. The number of carboxylic acid groups (broad SMARTS) is 1. The van der Waals surface area contributed by atoms with Gasteiger partial charge in [0.2, 0.25) is 11.8 Å². The molecule has 5 rings (SSSR count). The number of nitrogens with one attached hydrogen (secondary N) is 2. The molecule has 3 heterocycles. The maximum atomic E-state index is 13.0. The van der Waals surface area contributed by atoms with Crippen molar-refractivity contribution in [1.29, 1.82) is 0 Å². The predicted molar refractivity (Wildman–Crippen MR) is 229 cm³/mol. The number of phosphoric ester groups is 3. The Kier molecular flexibility index (Phi) is 17.9. The van der Waals surface area contributed by atoms with Crippen molar-refractivity contribution in [3.63, 3.8) is 0 Å². The minimum Gasteiger partial charge on any atom is -0.550 e. The van der Waals surface area contributed by atoms with Gasteiger partial charge in [-0.15, -0.1) is 0 Å². The number of fused-ring (bicyclic) bond motifs is 2. The van der Waals surface area contributed by atoms with Gasteiger partial charge in [0.1, 0.15) is 36.3 Å². The number of hydrogen-bond donors (Lipinski definition) is 10. The number of thioether (sulfide) groups is 1. The minimum absolute atomic E-state index is 0.000230. The van der Waals surface area contributed by atoms with Crippen LogP contribution in [-0.2, 0) is 55.5 Å². The van der Waals surface area contributed by atoms with Gasteiger partial charge in [-0.3, -0.25) is 32.5 Å². The van der Waals surface area contributed by atoms with Crippen LogP contribution in [0.4, 0.5) is 5.82 Å². The van der Waals surface area contributed by atoms with E-state index in [1.54, 1.807) is 30.3 Å². The van der Waals surface area contributed by atoms with E-state index in [9.17, 15) is 72.9 Å². The predicted octanol–water partition coefficient (Wildman–Crippen LogP) is -0.692. The Bertz CT molecular complexity index is 2580. The van der Waals surface area contributed by atoms with Crippen molar-refractivity contribution in [2.45, 2.75) is 63.4 Å². The summed E-state index contributed by atoms with van der Waals surface area (Å²) in [6.45, 7) is -0.0635. The first-order valence-corrected chi connectivity index (χ1v) is 25.2. The molecule has 1 saturated heterocycles. The third kappa shape index (κ3) is 14.8. The van der Waals surface area contributed by atoms with E-state index < -0.39 is 114 Å². The van der Waals surface area contributed by atoms with Crippen LogP contribution in [0.1, 0.15) is 44.6 Å². The number of nitrogen functional groups attached to an aromatic ring is 1. The fraction of sp³-hybridized carbons (Fsp3) is 0.472. The molecule has 2 aromatic carbocycles. The fourth-order valence-corrected chi connectivity index (χ4v) is 10.2. The Morgan fingerprint density at radius 2 is 1.66 bits per heavy atom. The summed E-state index contributed by atoms with van der Waals surface area (Å²) in [7, 11) is -16.5. The molecule has 0 saturated carbocycles. The summed E-state index contributed by atoms with van der Waals surface area (Å²) in [5.74, 6) is -4.58. The Balaban J connectivity index is 1.04. The number of aliphatic hydroxyl groups excluding tert-OH is 3. The molecule has 4 unspecified atom stereocenters. The summed E-state index contributed by atoms with van der Waals surface area (Å²) in [5.41, 5.74) is 4.49. The normalized spacial score (nSPS) is 21.0. The summed E-state index contributed by atoms with van der Waals surface area (Å²) in [4.78, 5) is 101. The van der Waals surface area contributed by atoms with Crippen molar-refractivity contribution < 1.29 is 95.5 Å². The molecule has 67 heavy (non-hydrogen) atoms. The monoisotopic (exact) mass is 1020 g/mol.